The van der Waals surface area contributed by atoms with Gasteiger partial charge in [-0.25, -0.2) is 4.39 Å². The van der Waals surface area contributed by atoms with E-state index >= 15 is 0 Å². The first kappa shape index (κ1) is 17.7. The van der Waals surface area contributed by atoms with Crippen molar-refractivity contribution in [1.82, 2.24) is 19.7 Å². The second kappa shape index (κ2) is 7.90. The summed E-state index contributed by atoms with van der Waals surface area (Å²) in [6.07, 6.45) is 3.46. The van der Waals surface area contributed by atoms with Crippen LogP contribution in [-0.4, -0.2) is 19.7 Å². The smallest absolute Gasteiger partial charge is 0.196 e. The molecular formula is C20H14ClFN4S. The standard InChI is InChI=1S/C20H14ClFN4S/c21-16-6-8-18(9-7-16)26-19(15-4-2-10-23-12-15)24-25-20(26)27-13-14-3-1-5-17(22)11-14/h1-12H,13H2. The highest BCUT2D eigenvalue weighted by molar-refractivity contribution is 7.98. The minimum atomic E-state index is -0.247. The third-order valence-corrected chi connectivity index (χ3v) is 5.15. The average Bonchev–Trinajstić information content (AvgIpc) is 3.12. The lowest BCUT2D eigenvalue weighted by atomic mass is 10.2. The molecule has 0 bridgehead atoms. The van der Waals surface area contributed by atoms with Gasteiger partial charge in [0, 0.05) is 34.4 Å². The summed E-state index contributed by atoms with van der Waals surface area (Å²) >= 11 is 7.53. The van der Waals surface area contributed by atoms with Gasteiger partial charge in [0.25, 0.3) is 0 Å². The van der Waals surface area contributed by atoms with Crippen molar-refractivity contribution < 1.29 is 4.39 Å². The van der Waals surface area contributed by atoms with Crippen molar-refractivity contribution in [2.75, 3.05) is 0 Å². The van der Waals surface area contributed by atoms with Gasteiger partial charge in [-0.05, 0) is 54.1 Å². The summed E-state index contributed by atoms with van der Waals surface area (Å²) in [5.41, 5.74) is 2.64. The molecule has 0 saturated heterocycles. The molecule has 0 spiro atoms. The summed E-state index contributed by atoms with van der Waals surface area (Å²) in [7, 11) is 0. The first-order chi connectivity index (χ1) is 13.2. The van der Waals surface area contributed by atoms with Crippen LogP contribution in [0.2, 0.25) is 5.02 Å². The van der Waals surface area contributed by atoms with Crippen LogP contribution in [0.3, 0.4) is 0 Å². The fourth-order valence-electron chi connectivity index (χ4n) is 2.64. The summed E-state index contributed by atoms with van der Waals surface area (Å²) in [5, 5.41) is 10.1. The van der Waals surface area contributed by atoms with E-state index in [9.17, 15) is 4.39 Å². The minimum Gasteiger partial charge on any atom is -0.270 e. The Morgan fingerprint density at radius 3 is 2.59 bits per heavy atom. The molecule has 4 aromatic rings. The molecule has 27 heavy (non-hydrogen) atoms. The van der Waals surface area contributed by atoms with Crippen LogP contribution in [-0.2, 0) is 5.75 Å². The molecule has 0 aliphatic heterocycles. The van der Waals surface area contributed by atoms with Crippen LogP contribution < -0.4 is 0 Å². The number of halogens is 2. The molecule has 0 fully saturated rings. The van der Waals surface area contributed by atoms with Crippen molar-refractivity contribution in [1.29, 1.82) is 0 Å². The van der Waals surface area contributed by atoms with Gasteiger partial charge in [-0.1, -0.05) is 35.5 Å². The molecule has 0 aliphatic carbocycles. The van der Waals surface area contributed by atoms with Crippen LogP contribution in [0.5, 0.6) is 0 Å². The van der Waals surface area contributed by atoms with Gasteiger partial charge in [0.15, 0.2) is 11.0 Å². The quantitative estimate of drug-likeness (QED) is 0.423. The number of hydrogen-bond donors (Lipinski definition) is 0. The molecule has 0 radical (unpaired) electrons. The van der Waals surface area contributed by atoms with Crippen LogP contribution in [0.1, 0.15) is 5.56 Å². The first-order valence-electron chi connectivity index (χ1n) is 8.20. The maximum atomic E-state index is 13.4. The predicted molar refractivity (Wildman–Crippen MR) is 106 cm³/mol. The van der Waals surface area contributed by atoms with E-state index in [2.05, 4.69) is 15.2 Å². The predicted octanol–water partition coefficient (Wildman–Crippen LogP) is 5.41. The van der Waals surface area contributed by atoms with Crippen LogP contribution in [0, 0.1) is 5.82 Å². The van der Waals surface area contributed by atoms with Gasteiger partial charge in [-0.3, -0.25) is 9.55 Å². The highest BCUT2D eigenvalue weighted by Gasteiger charge is 2.16. The number of pyridine rings is 1. The summed E-state index contributed by atoms with van der Waals surface area (Å²) < 4.78 is 15.4. The zero-order chi connectivity index (χ0) is 18.6. The first-order valence-corrected chi connectivity index (χ1v) is 9.56. The highest BCUT2D eigenvalue weighted by Crippen LogP contribution is 2.30. The molecule has 2 heterocycles. The zero-order valence-electron chi connectivity index (χ0n) is 14.1. The van der Waals surface area contributed by atoms with E-state index in [-0.39, 0.29) is 5.82 Å². The average molecular weight is 397 g/mol. The van der Waals surface area contributed by atoms with Crippen molar-refractivity contribution in [3.05, 3.63) is 89.5 Å². The normalized spacial score (nSPS) is 10.9. The molecular weight excluding hydrogens is 383 g/mol. The van der Waals surface area contributed by atoms with Crippen LogP contribution in [0.4, 0.5) is 4.39 Å². The van der Waals surface area contributed by atoms with E-state index < -0.39 is 0 Å². The van der Waals surface area contributed by atoms with Crippen molar-refractivity contribution in [3.8, 4) is 17.1 Å². The summed E-state index contributed by atoms with van der Waals surface area (Å²) in [5.74, 6) is 1.02. The number of aromatic nitrogens is 4. The summed E-state index contributed by atoms with van der Waals surface area (Å²) in [4.78, 5) is 4.17. The van der Waals surface area contributed by atoms with E-state index in [0.717, 1.165) is 16.8 Å². The van der Waals surface area contributed by atoms with E-state index in [1.54, 1.807) is 18.5 Å². The van der Waals surface area contributed by atoms with E-state index in [1.807, 2.05) is 47.0 Å². The van der Waals surface area contributed by atoms with Crippen molar-refractivity contribution in [3.63, 3.8) is 0 Å². The fourth-order valence-corrected chi connectivity index (χ4v) is 3.66. The summed E-state index contributed by atoms with van der Waals surface area (Å²) in [6.45, 7) is 0. The highest BCUT2D eigenvalue weighted by atomic mass is 35.5. The van der Waals surface area contributed by atoms with E-state index in [4.69, 9.17) is 11.6 Å². The topological polar surface area (TPSA) is 43.6 Å². The Labute approximate surface area is 165 Å². The summed E-state index contributed by atoms with van der Waals surface area (Å²) in [6, 6.07) is 17.8. The van der Waals surface area contributed by atoms with Crippen LogP contribution in [0.25, 0.3) is 17.1 Å². The third-order valence-electron chi connectivity index (χ3n) is 3.89. The van der Waals surface area contributed by atoms with Gasteiger partial charge in [0.05, 0.1) is 0 Å². The molecule has 4 rings (SSSR count). The SMILES string of the molecule is Fc1cccc(CSc2nnc(-c3cccnc3)n2-c2ccc(Cl)cc2)c1. The second-order valence-corrected chi connectivity index (χ2v) is 7.16. The molecule has 0 aliphatic rings. The lowest BCUT2D eigenvalue weighted by molar-refractivity contribution is 0.626. The molecule has 134 valence electrons. The molecule has 0 N–H and O–H groups in total. The lowest BCUT2D eigenvalue weighted by Crippen LogP contribution is -2.00. The largest absolute Gasteiger partial charge is 0.270 e. The van der Waals surface area contributed by atoms with Crippen molar-refractivity contribution in [2.45, 2.75) is 10.9 Å². The monoisotopic (exact) mass is 396 g/mol. The van der Waals surface area contributed by atoms with Gasteiger partial charge in [0.1, 0.15) is 5.82 Å². The van der Waals surface area contributed by atoms with Gasteiger partial charge >= 0.3 is 0 Å². The molecule has 0 unspecified atom stereocenters. The Morgan fingerprint density at radius 1 is 1.00 bits per heavy atom. The van der Waals surface area contributed by atoms with Gasteiger partial charge in [0.2, 0.25) is 0 Å². The fraction of sp³-hybridized carbons (Fsp3) is 0.0500. The number of nitrogens with zero attached hydrogens (tertiary/aromatic N) is 4. The maximum absolute atomic E-state index is 13.4. The van der Waals surface area contributed by atoms with Gasteiger partial charge in [-0.15, -0.1) is 10.2 Å². The Morgan fingerprint density at radius 2 is 1.85 bits per heavy atom. The number of rotatable bonds is 5. The Kier molecular flexibility index (Phi) is 5.18. The molecule has 0 saturated carbocycles. The molecule has 7 heteroatoms. The minimum absolute atomic E-state index is 0.247. The lowest BCUT2D eigenvalue weighted by Gasteiger charge is -2.10. The number of hydrogen-bond acceptors (Lipinski definition) is 4. The van der Waals surface area contributed by atoms with Crippen molar-refractivity contribution in [2.24, 2.45) is 0 Å². The maximum Gasteiger partial charge on any atom is 0.196 e. The second-order valence-electron chi connectivity index (χ2n) is 5.78. The zero-order valence-corrected chi connectivity index (χ0v) is 15.7. The number of benzene rings is 2. The molecule has 4 nitrogen and oxygen atoms in total. The molecule has 2 aromatic carbocycles. The molecule has 0 amide bonds. The van der Waals surface area contributed by atoms with Crippen LogP contribution in [0.15, 0.2) is 78.2 Å². The Balaban J connectivity index is 1.73. The Bertz CT molecular complexity index is 1050. The molecule has 0 atom stereocenters. The Hall–Kier alpha value is -2.70. The molecule has 2 aromatic heterocycles. The van der Waals surface area contributed by atoms with Gasteiger partial charge in [-0.2, -0.15) is 0 Å². The number of thioether (sulfide) groups is 1. The van der Waals surface area contributed by atoms with E-state index in [1.165, 1.54) is 23.9 Å². The third kappa shape index (κ3) is 4.02. The van der Waals surface area contributed by atoms with Crippen LogP contribution >= 0.6 is 23.4 Å². The van der Waals surface area contributed by atoms with Crippen molar-refractivity contribution >= 4 is 23.4 Å². The van der Waals surface area contributed by atoms with Gasteiger partial charge < -0.3 is 0 Å². The van der Waals surface area contributed by atoms with E-state index in [0.29, 0.717) is 21.8 Å².